The molecule has 0 saturated carbocycles. The zero-order valence-electron chi connectivity index (χ0n) is 11.4. The van der Waals surface area contributed by atoms with E-state index >= 15 is 0 Å². The Morgan fingerprint density at radius 1 is 1.18 bits per heavy atom. The fraction of sp³-hybridized carbons (Fsp3) is 0.308. The molecule has 0 spiro atoms. The molecular formula is C13H10F3NO5. The van der Waals surface area contributed by atoms with Crippen molar-refractivity contribution in [2.75, 3.05) is 14.2 Å². The number of carbonyl (C=O) groups is 2. The van der Waals surface area contributed by atoms with Gasteiger partial charge in [-0.3, -0.25) is 9.59 Å². The monoisotopic (exact) mass is 317 g/mol. The quantitative estimate of drug-likeness (QED) is 0.662. The third-order valence-corrected chi connectivity index (χ3v) is 3.22. The number of methoxy groups -OCH3 is 2. The Morgan fingerprint density at radius 2 is 1.73 bits per heavy atom. The minimum absolute atomic E-state index is 0.277. The molecule has 0 atom stereocenters. The van der Waals surface area contributed by atoms with E-state index in [1.807, 2.05) is 0 Å². The number of halogens is 3. The number of aliphatic imine (C=N–C) groups is 1. The van der Waals surface area contributed by atoms with E-state index in [-0.39, 0.29) is 5.69 Å². The van der Waals surface area contributed by atoms with Gasteiger partial charge in [-0.05, 0) is 18.2 Å². The molecule has 0 unspecified atom stereocenters. The van der Waals surface area contributed by atoms with E-state index in [1.165, 1.54) is 0 Å². The second-order valence-corrected chi connectivity index (χ2v) is 4.39. The predicted molar refractivity (Wildman–Crippen MR) is 67.0 cm³/mol. The van der Waals surface area contributed by atoms with E-state index in [9.17, 15) is 27.9 Å². The average molecular weight is 317 g/mol. The van der Waals surface area contributed by atoms with E-state index in [2.05, 4.69) is 14.5 Å². The molecule has 0 aliphatic carbocycles. The molecule has 6 nitrogen and oxygen atoms in total. The van der Waals surface area contributed by atoms with Crippen LogP contribution in [0, 0.1) is 0 Å². The summed E-state index contributed by atoms with van der Waals surface area (Å²) in [7, 11) is 1.67. The van der Waals surface area contributed by atoms with Gasteiger partial charge in [-0.25, -0.2) is 4.99 Å². The number of carbonyl (C=O) groups excluding carboxylic acids is 2. The lowest BCUT2D eigenvalue weighted by atomic mass is 9.77. The van der Waals surface area contributed by atoms with Gasteiger partial charge in [-0.15, -0.1) is 0 Å². The second kappa shape index (κ2) is 5.00. The Morgan fingerprint density at radius 3 is 2.18 bits per heavy atom. The largest absolute Gasteiger partial charge is 0.508 e. The third-order valence-electron chi connectivity index (χ3n) is 3.22. The zero-order valence-corrected chi connectivity index (χ0v) is 11.4. The number of aromatic hydroxyl groups is 1. The highest BCUT2D eigenvalue weighted by Gasteiger charge is 2.66. The summed E-state index contributed by atoms with van der Waals surface area (Å²) in [6.45, 7) is 0. The van der Waals surface area contributed by atoms with Gasteiger partial charge in [0.2, 0.25) is 5.41 Å². The number of alkyl halides is 3. The molecule has 0 aromatic heterocycles. The standard InChI is InChI=1S/C13H10F3NO5/c1-21-10(19)12(11(20)22-2)7-5-6(18)3-4-8(7)17-9(12)13(14,15)16/h3-5,18H,1-2H3. The molecule has 1 N–H and O–H groups in total. The second-order valence-electron chi connectivity index (χ2n) is 4.39. The summed E-state index contributed by atoms with van der Waals surface area (Å²) in [6, 6.07) is 3.00. The first-order valence-electron chi connectivity index (χ1n) is 5.86. The molecule has 1 heterocycles. The molecule has 0 radical (unpaired) electrons. The Labute approximate surface area is 122 Å². The van der Waals surface area contributed by atoms with E-state index in [0.29, 0.717) is 0 Å². The molecule has 118 valence electrons. The maximum atomic E-state index is 13.3. The summed E-state index contributed by atoms with van der Waals surface area (Å²) in [5, 5.41) is 9.49. The van der Waals surface area contributed by atoms with Crippen LogP contribution in [-0.4, -0.2) is 43.2 Å². The van der Waals surface area contributed by atoms with Crippen molar-refractivity contribution in [3.8, 4) is 5.75 Å². The average Bonchev–Trinajstić information content (AvgIpc) is 2.81. The third kappa shape index (κ3) is 2.00. The molecule has 22 heavy (non-hydrogen) atoms. The highest BCUT2D eigenvalue weighted by Crippen LogP contribution is 2.47. The number of ether oxygens (including phenoxy) is 2. The van der Waals surface area contributed by atoms with Crippen LogP contribution in [0.4, 0.5) is 18.9 Å². The van der Waals surface area contributed by atoms with E-state index in [4.69, 9.17) is 0 Å². The minimum atomic E-state index is -5.09. The van der Waals surface area contributed by atoms with Gasteiger partial charge in [0.05, 0.1) is 19.9 Å². The van der Waals surface area contributed by atoms with Crippen LogP contribution in [0.5, 0.6) is 5.75 Å². The topological polar surface area (TPSA) is 85.2 Å². The Balaban J connectivity index is 2.87. The first-order chi connectivity index (χ1) is 10.2. The van der Waals surface area contributed by atoms with Crippen LogP contribution < -0.4 is 0 Å². The van der Waals surface area contributed by atoms with E-state index in [1.54, 1.807) is 0 Å². The number of benzene rings is 1. The van der Waals surface area contributed by atoms with Crippen molar-refractivity contribution in [3.63, 3.8) is 0 Å². The number of nitrogens with zero attached hydrogens (tertiary/aromatic N) is 1. The molecule has 9 heteroatoms. The fourth-order valence-electron chi connectivity index (χ4n) is 2.33. The van der Waals surface area contributed by atoms with E-state index in [0.717, 1.165) is 32.4 Å². The lowest BCUT2D eigenvalue weighted by molar-refractivity contribution is -0.159. The minimum Gasteiger partial charge on any atom is -0.508 e. The number of hydrogen-bond donors (Lipinski definition) is 1. The highest BCUT2D eigenvalue weighted by atomic mass is 19.4. The Bertz CT molecular complexity index is 665. The maximum absolute atomic E-state index is 13.3. The molecule has 0 saturated heterocycles. The van der Waals surface area contributed by atoms with Gasteiger partial charge < -0.3 is 14.6 Å². The van der Waals surface area contributed by atoms with Crippen molar-refractivity contribution >= 4 is 23.3 Å². The van der Waals surface area contributed by atoms with Crippen molar-refractivity contribution in [2.24, 2.45) is 4.99 Å². The summed E-state index contributed by atoms with van der Waals surface area (Å²) in [4.78, 5) is 27.5. The fourth-order valence-corrected chi connectivity index (χ4v) is 2.33. The van der Waals surface area contributed by atoms with E-state index < -0.39 is 40.6 Å². The highest BCUT2D eigenvalue weighted by molar-refractivity contribution is 6.32. The van der Waals surface area contributed by atoms with Gasteiger partial charge in [-0.2, -0.15) is 13.2 Å². The molecule has 0 amide bonds. The van der Waals surface area contributed by atoms with Crippen molar-refractivity contribution < 1.29 is 37.3 Å². The van der Waals surface area contributed by atoms with Crippen LogP contribution in [0.15, 0.2) is 23.2 Å². The number of phenols is 1. The first-order valence-corrected chi connectivity index (χ1v) is 5.86. The number of esters is 2. The van der Waals surface area contributed by atoms with Crippen molar-refractivity contribution in [2.45, 2.75) is 11.6 Å². The smallest absolute Gasteiger partial charge is 0.431 e. The summed E-state index contributed by atoms with van der Waals surface area (Å²) in [5.74, 6) is -3.44. The first kappa shape index (κ1) is 15.8. The lowest BCUT2D eigenvalue weighted by Crippen LogP contribution is -2.54. The number of phenolic OH excluding ortho intramolecular Hbond substituents is 1. The summed E-state index contributed by atoms with van der Waals surface area (Å²) in [5.41, 5.74) is -5.31. The van der Waals surface area contributed by atoms with Crippen LogP contribution in [0.3, 0.4) is 0 Å². The van der Waals surface area contributed by atoms with Crippen molar-refractivity contribution in [1.29, 1.82) is 0 Å². The summed E-state index contributed by atoms with van der Waals surface area (Å²) < 4.78 is 48.7. The molecule has 1 aliphatic rings. The summed E-state index contributed by atoms with van der Waals surface area (Å²) >= 11 is 0. The SMILES string of the molecule is COC(=O)C1(C(=O)OC)C(C(F)(F)F)=Nc2ccc(O)cc21. The molecule has 1 aromatic carbocycles. The van der Waals surface area contributed by atoms with Crippen molar-refractivity contribution in [3.05, 3.63) is 23.8 Å². The van der Waals surface area contributed by atoms with Gasteiger partial charge >= 0.3 is 18.1 Å². The number of hydrogen-bond acceptors (Lipinski definition) is 6. The molecule has 2 rings (SSSR count). The zero-order chi connectivity index (χ0) is 16.7. The van der Waals surface area contributed by atoms with Gasteiger partial charge in [-0.1, -0.05) is 0 Å². The normalized spacial score (nSPS) is 15.8. The number of rotatable bonds is 2. The van der Waals surface area contributed by atoms with Gasteiger partial charge in [0.1, 0.15) is 5.75 Å². The molecule has 1 aliphatic heterocycles. The number of fused-ring (bicyclic) bond motifs is 1. The molecule has 0 fully saturated rings. The van der Waals surface area contributed by atoms with Crippen LogP contribution in [-0.2, 0) is 24.5 Å². The Kier molecular flexibility index (Phi) is 3.59. The van der Waals surface area contributed by atoms with Gasteiger partial charge in [0.25, 0.3) is 0 Å². The van der Waals surface area contributed by atoms with Crippen molar-refractivity contribution in [1.82, 2.24) is 0 Å². The molecule has 1 aromatic rings. The van der Waals surface area contributed by atoms with Crippen LogP contribution in [0.1, 0.15) is 5.56 Å². The predicted octanol–water partition coefficient (Wildman–Crippen LogP) is 1.62. The lowest BCUT2D eigenvalue weighted by Gasteiger charge is -2.27. The Hall–Kier alpha value is -2.58. The summed E-state index contributed by atoms with van der Waals surface area (Å²) in [6.07, 6.45) is -5.09. The van der Waals surface area contributed by atoms with Crippen LogP contribution in [0.25, 0.3) is 0 Å². The van der Waals surface area contributed by atoms with Crippen LogP contribution >= 0.6 is 0 Å². The molecule has 0 bridgehead atoms. The van der Waals surface area contributed by atoms with Gasteiger partial charge in [0.15, 0.2) is 5.71 Å². The van der Waals surface area contributed by atoms with Crippen LogP contribution in [0.2, 0.25) is 0 Å². The molecular weight excluding hydrogens is 307 g/mol. The van der Waals surface area contributed by atoms with Gasteiger partial charge in [0, 0.05) is 5.56 Å². The maximum Gasteiger partial charge on any atom is 0.431 e.